The van der Waals surface area contributed by atoms with Crippen molar-refractivity contribution in [1.82, 2.24) is 10.3 Å². The highest BCUT2D eigenvalue weighted by Crippen LogP contribution is 2.44. The SMILES string of the molecule is CCCNC1(c2nc(C)c(C)s2)CC(C)CC(C)C1. The predicted molar refractivity (Wildman–Crippen MR) is 83.7 cm³/mol. The monoisotopic (exact) mass is 280 g/mol. The van der Waals surface area contributed by atoms with Crippen LogP contribution in [-0.2, 0) is 5.54 Å². The molecule has 0 spiro atoms. The molecule has 0 saturated heterocycles. The lowest BCUT2D eigenvalue weighted by Gasteiger charge is -2.42. The van der Waals surface area contributed by atoms with Crippen molar-refractivity contribution in [3.05, 3.63) is 15.6 Å². The Hall–Kier alpha value is -0.410. The van der Waals surface area contributed by atoms with E-state index >= 15 is 0 Å². The normalized spacial score (nSPS) is 31.6. The molecular weight excluding hydrogens is 252 g/mol. The van der Waals surface area contributed by atoms with Gasteiger partial charge in [0.25, 0.3) is 0 Å². The molecule has 108 valence electrons. The van der Waals surface area contributed by atoms with Gasteiger partial charge < -0.3 is 5.32 Å². The van der Waals surface area contributed by atoms with Crippen molar-refractivity contribution < 1.29 is 0 Å². The summed E-state index contributed by atoms with van der Waals surface area (Å²) in [6.07, 6.45) is 5.03. The van der Waals surface area contributed by atoms with Crippen molar-refractivity contribution in [3.63, 3.8) is 0 Å². The fraction of sp³-hybridized carbons (Fsp3) is 0.812. The van der Waals surface area contributed by atoms with Crippen molar-refractivity contribution in [2.75, 3.05) is 6.54 Å². The maximum Gasteiger partial charge on any atom is 0.113 e. The van der Waals surface area contributed by atoms with Gasteiger partial charge in [-0.1, -0.05) is 20.8 Å². The van der Waals surface area contributed by atoms with Crippen molar-refractivity contribution >= 4 is 11.3 Å². The molecule has 0 amide bonds. The van der Waals surface area contributed by atoms with Gasteiger partial charge in [-0.15, -0.1) is 11.3 Å². The second-order valence-electron chi connectivity index (χ2n) is 6.52. The Labute approximate surface area is 122 Å². The second kappa shape index (κ2) is 5.92. The maximum absolute atomic E-state index is 4.88. The van der Waals surface area contributed by atoms with Crippen LogP contribution < -0.4 is 5.32 Å². The minimum absolute atomic E-state index is 0.136. The summed E-state index contributed by atoms with van der Waals surface area (Å²) in [5, 5.41) is 5.18. The van der Waals surface area contributed by atoms with E-state index in [1.54, 1.807) is 0 Å². The van der Waals surface area contributed by atoms with Gasteiger partial charge in [-0.25, -0.2) is 4.98 Å². The fourth-order valence-corrected chi connectivity index (χ4v) is 4.66. The van der Waals surface area contributed by atoms with Crippen LogP contribution in [-0.4, -0.2) is 11.5 Å². The van der Waals surface area contributed by atoms with Crippen LogP contribution in [0.25, 0.3) is 0 Å². The molecule has 3 heteroatoms. The summed E-state index contributed by atoms with van der Waals surface area (Å²) in [4.78, 5) is 6.26. The molecule has 0 bridgehead atoms. The van der Waals surface area contributed by atoms with Gasteiger partial charge in [0.05, 0.1) is 11.2 Å². The minimum atomic E-state index is 0.136. The van der Waals surface area contributed by atoms with Crippen molar-refractivity contribution in [1.29, 1.82) is 0 Å². The number of nitrogens with one attached hydrogen (secondary N) is 1. The van der Waals surface area contributed by atoms with E-state index in [0.29, 0.717) is 0 Å². The first-order valence-electron chi connectivity index (χ1n) is 7.66. The highest BCUT2D eigenvalue weighted by Gasteiger charge is 2.41. The van der Waals surface area contributed by atoms with Gasteiger partial charge >= 0.3 is 0 Å². The van der Waals surface area contributed by atoms with Crippen LogP contribution in [0, 0.1) is 25.7 Å². The largest absolute Gasteiger partial charge is 0.305 e. The summed E-state index contributed by atoms with van der Waals surface area (Å²) >= 11 is 1.90. The lowest BCUT2D eigenvalue weighted by atomic mass is 9.72. The third kappa shape index (κ3) is 3.19. The first kappa shape index (κ1) is 15.0. The first-order chi connectivity index (χ1) is 8.97. The molecule has 1 fully saturated rings. The summed E-state index contributed by atoms with van der Waals surface area (Å²) in [5.74, 6) is 1.58. The quantitative estimate of drug-likeness (QED) is 0.883. The van der Waals surface area contributed by atoms with Crippen molar-refractivity contribution in [3.8, 4) is 0 Å². The Kier molecular flexibility index (Phi) is 4.67. The van der Waals surface area contributed by atoms with Crippen molar-refractivity contribution in [2.45, 2.75) is 65.8 Å². The Morgan fingerprint density at radius 3 is 2.37 bits per heavy atom. The van der Waals surface area contributed by atoms with Crippen LogP contribution in [0.1, 0.15) is 62.0 Å². The summed E-state index contributed by atoms with van der Waals surface area (Å²) in [5.41, 5.74) is 1.35. The van der Waals surface area contributed by atoms with Crippen LogP contribution in [0.3, 0.4) is 0 Å². The smallest absolute Gasteiger partial charge is 0.113 e. The molecule has 2 atom stereocenters. The van der Waals surface area contributed by atoms with Crippen LogP contribution in [0.5, 0.6) is 0 Å². The predicted octanol–water partition coefficient (Wildman–Crippen LogP) is 4.41. The van der Waals surface area contributed by atoms with E-state index in [2.05, 4.69) is 39.9 Å². The summed E-state index contributed by atoms with van der Waals surface area (Å²) in [6, 6.07) is 0. The summed E-state index contributed by atoms with van der Waals surface area (Å²) in [7, 11) is 0. The van der Waals surface area contributed by atoms with Gasteiger partial charge in [0.1, 0.15) is 5.01 Å². The lowest BCUT2D eigenvalue weighted by molar-refractivity contribution is 0.143. The van der Waals surface area contributed by atoms with Gasteiger partial charge in [0.2, 0.25) is 0 Å². The molecule has 1 aromatic rings. The zero-order chi connectivity index (χ0) is 14.0. The zero-order valence-electron chi connectivity index (χ0n) is 13.0. The van der Waals surface area contributed by atoms with Crippen LogP contribution in [0.15, 0.2) is 0 Å². The average molecular weight is 280 g/mol. The maximum atomic E-state index is 4.88. The van der Waals surface area contributed by atoms with E-state index in [4.69, 9.17) is 4.98 Å². The van der Waals surface area contributed by atoms with E-state index in [0.717, 1.165) is 18.4 Å². The first-order valence-corrected chi connectivity index (χ1v) is 8.48. The molecule has 1 N–H and O–H groups in total. The molecule has 1 heterocycles. The Balaban J connectivity index is 2.33. The van der Waals surface area contributed by atoms with Crippen LogP contribution in [0.4, 0.5) is 0 Å². The molecule has 0 aromatic carbocycles. The number of rotatable bonds is 4. The fourth-order valence-electron chi connectivity index (χ4n) is 3.56. The summed E-state index contributed by atoms with van der Waals surface area (Å²) in [6.45, 7) is 12.5. The second-order valence-corrected chi connectivity index (χ2v) is 7.73. The third-order valence-corrected chi connectivity index (χ3v) is 5.63. The van der Waals surface area contributed by atoms with Gasteiger partial charge in [-0.05, 0) is 57.9 Å². The molecule has 0 aliphatic heterocycles. The standard InChI is InChI=1S/C16H28N2S/c1-6-7-17-16(9-11(2)8-12(3)10-16)15-18-13(4)14(5)19-15/h11-12,17H,6-10H2,1-5H3. The molecule has 0 radical (unpaired) electrons. The average Bonchev–Trinajstić information content (AvgIpc) is 2.66. The van der Waals surface area contributed by atoms with Gasteiger partial charge in [-0.2, -0.15) is 0 Å². The Morgan fingerprint density at radius 1 is 1.26 bits per heavy atom. The summed E-state index contributed by atoms with van der Waals surface area (Å²) < 4.78 is 0. The van der Waals surface area contributed by atoms with E-state index < -0.39 is 0 Å². The molecule has 1 aromatic heterocycles. The third-order valence-electron chi connectivity index (χ3n) is 4.35. The molecule has 2 rings (SSSR count). The molecule has 1 saturated carbocycles. The molecule has 2 unspecified atom stereocenters. The van der Waals surface area contributed by atoms with E-state index in [9.17, 15) is 0 Å². The van der Waals surface area contributed by atoms with Gasteiger partial charge in [-0.3, -0.25) is 0 Å². The zero-order valence-corrected chi connectivity index (χ0v) is 13.9. The van der Waals surface area contributed by atoms with E-state index in [1.165, 1.54) is 41.3 Å². The van der Waals surface area contributed by atoms with Crippen LogP contribution in [0.2, 0.25) is 0 Å². The number of hydrogen-bond donors (Lipinski definition) is 1. The van der Waals surface area contributed by atoms with Gasteiger partial charge in [0.15, 0.2) is 0 Å². The van der Waals surface area contributed by atoms with Crippen molar-refractivity contribution in [2.24, 2.45) is 11.8 Å². The molecule has 1 aliphatic rings. The Bertz CT molecular complexity index is 395. The number of nitrogens with zero attached hydrogens (tertiary/aromatic N) is 1. The van der Waals surface area contributed by atoms with E-state index in [-0.39, 0.29) is 5.54 Å². The Morgan fingerprint density at radius 2 is 1.89 bits per heavy atom. The van der Waals surface area contributed by atoms with E-state index in [1.807, 2.05) is 11.3 Å². The molecular formula is C16H28N2S. The number of aromatic nitrogens is 1. The highest BCUT2D eigenvalue weighted by atomic mass is 32.1. The topological polar surface area (TPSA) is 24.9 Å². The number of aryl methyl sites for hydroxylation is 2. The molecule has 1 aliphatic carbocycles. The number of thiazole rings is 1. The molecule has 19 heavy (non-hydrogen) atoms. The molecule has 2 nitrogen and oxygen atoms in total. The minimum Gasteiger partial charge on any atom is -0.305 e. The van der Waals surface area contributed by atoms with Crippen LogP contribution >= 0.6 is 11.3 Å². The van der Waals surface area contributed by atoms with Gasteiger partial charge in [0, 0.05) is 4.88 Å². The number of hydrogen-bond acceptors (Lipinski definition) is 3. The highest BCUT2D eigenvalue weighted by molar-refractivity contribution is 7.11. The lowest BCUT2D eigenvalue weighted by Crippen LogP contribution is -2.48.